The molecule has 0 aliphatic heterocycles. The molecular weight excluding hydrogens is 294 g/mol. The topological polar surface area (TPSA) is 72.6 Å². The zero-order chi connectivity index (χ0) is 15.4. The molecule has 0 spiro atoms. The van der Waals surface area contributed by atoms with Gasteiger partial charge in [0.25, 0.3) is 5.69 Å². The molecule has 110 valence electrons. The summed E-state index contributed by atoms with van der Waals surface area (Å²) in [6, 6.07) is 11.2. The normalized spacial score (nSPS) is 12.0. The van der Waals surface area contributed by atoms with Gasteiger partial charge in [-0.25, -0.2) is 0 Å². The second kappa shape index (κ2) is 6.56. The summed E-state index contributed by atoms with van der Waals surface area (Å²) >= 11 is 5.89. The largest absolute Gasteiger partial charge is 0.489 e. The second-order valence-corrected chi connectivity index (χ2v) is 5.01. The van der Waals surface area contributed by atoms with Crippen LogP contribution in [0.2, 0.25) is 5.02 Å². The van der Waals surface area contributed by atoms with Crippen molar-refractivity contribution in [3.63, 3.8) is 0 Å². The number of nitro benzene ring substituents is 1. The molecule has 0 aliphatic rings. The molecule has 1 N–H and O–H groups in total. The lowest BCUT2D eigenvalue weighted by atomic mass is 10.1. The van der Waals surface area contributed by atoms with Gasteiger partial charge in [-0.3, -0.25) is 10.1 Å². The molecule has 0 aliphatic carbocycles. The van der Waals surface area contributed by atoms with Crippen LogP contribution < -0.4 is 4.74 Å². The Bertz CT molecular complexity index is 658. The Hall–Kier alpha value is -2.11. The van der Waals surface area contributed by atoms with Crippen molar-refractivity contribution >= 4 is 17.3 Å². The lowest BCUT2D eigenvalue weighted by molar-refractivity contribution is -0.384. The summed E-state index contributed by atoms with van der Waals surface area (Å²) in [4.78, 5) is 10.3. The molecule has 0 saturated heterocycles. The van der Waals surface area contributed by atoms with Crippen molar-refractivity contribution in [2.75, 3.05) is 0 Å². The minimum atomic E-state index is -0.719. The van der Waals surface area contributed by atoms with Crippen LogP contribution in [-0.2, 0) is 6.61 Å². The molecule has 2 aromatic carbocycles. The molecule has 1 unspecified atom stereocenters. The molecule has 0 bridgehead atoms. The van der Waals surface area contributed by atoms with Gasteiger partial charge in [-0.15, -0.1) is 0 Å². The minimum Gasteiger partial charge on any atom is -0.489 e. The van der Waals surface area contributed by atoms with Crippen LogP contribution in [0.15, 0.2) is 42.5 Å². The summed E-state index contributed by atoms with van der Waals surface area (Å²) in [6.45, 7) is 1.79. The molecule has 0 radical (unpaired) electrons. The Morgan fingerprint density at radius 3 is 2.76 bits per heavy atom. The summed E-state index contributed by atoms with van der Waals surface area (Å²) in [5.74, 6) is 0.501. The fourth-order valence-corrected chi connectivity index (χ4v) is 2.08. The van der Waals surface area contributed by atoms with E-state index < -0.39 is 11.0 Å². The van der Waals surface area contributed by atoms with E-state index in [2.05, 4.69) is 0 Å². The first-order valence-corrected chi connectivity index (χ1v) is 6.69. The zero-order valence-electron chi connectivity index (χ0n) is 11.3. The van der Waals surface area contributed by atoms with Gasteiger partial charge in [0.2, 0.25) is 0 Å². The molecule has 5 nitrogen and oxygen atoms in total. The van der Waals surface area contributed by atoms with Crippen LogP contribution in [-0.4, -0.2) is 10.0 Å². The van der Waals surface area contributed by atoms with Crippen LogP contribution in [0, 0.1) is 10.1 Å². The van der Waals surface area contributed by atoms with E-state index in [1.165, 1.54) is 12.1 Å². The number of aliphatic hydroxyl groups excluding tert-OH is 1. The Kier molecular flexibility index (Phi) is 4.77. The number of hydrogen-bond donors (Lipinski definition) is 1. The molecule has 6 heteroatoms. The van der Waals surface area contributed by atoms with Crippen molar-refractivity contribution in [3.8, 4) is 5.75 Å². The predicted octanol–water partition coefficient (Wildman–Crippen LogP) is 3.88. The van der Waals surface area contributed by atoms with Crippen molar-refractivity contribution in [2.45, 2.75) is 19.6 Å². The summed E-state index contributed by atoms with van der Waals surface area (Å²) in [6.07, 6.45) is -0.719. The smallest absolute Gasteiger partial charge is 0.269 e. The highest BCUT2D eigenvalue weighted by Gasteiger charge is 2.11. The number of rotatable bonds is 5. The van der Waals surface area contributed by atoms with E-state index in [1.807, 2.05) is 0 Å². The molecule has 2 aromatic rings. The van der Waals surface area contributed by atoms with Gasteiger partial charge < -0.3 is 9.84 Å². The molecule has 0 amide bonds. The molecule has 1 atom stereocenters. The maximum Gasteiger partial charge on any atom is 0.269 e. The van der Waals surface area contributed by atoms with E-state index in [0.29, 0.717) is 21.9 Å². The van der Waals surface area contributed by atoms with Crippen LogP contribution >= 0.6 is 11.6 Å². The maximum atomic E-state index is 10.7. The number of ether oxygens (including phenoxy) is 1. The van der Waals surface area contributed by atoms with Crippen LogP contribution in [0.1, 0.15) is 24.2 Å². The first-order valence-electron chi connectivity index (χ1n) is 6.31. The number of nitro groups is 1. The molecule has 0 aromatic heterocycles. The van der Waals surface area contributed by atoms with Gasteiger partial charge >= 0.3 is 0 Å². The van der Waals surface area contributed by atoms with E-state index in [-0.39, 0.29) is 12.3 Å². The lowest BCUT2D eigenvalue weighted by Crippen LogP contribution is -2.01. The molecule has 0 saturated carbocycles. The van der Waals surface area contributed by atoms with Crippen LogP contribution in [0.4, 0.5) is 5.69 Å². The maximum absolute atomic E-state index is 10.7. The minimum absolute atomic E-state index is 0.0166. The van der Waals surface area contributed by atoms with Crippen molar-refractivity contribution in [1.82, 2.24) is 0 Å². The number of hydrogen-bond acceptors (Lipinski definition) is 4. The summed E-state index contributed by atoms with van der Waals surface area (Å²) < 4.78 is 5.63. The Morgan fingerprint density at radius 2 is 2.10 bits per heavy atom. The SMILES string of the molecule is CC(O)c1cc(Cl)ccc1OCc1cccc([N+](=O)[O-])c1. The van der Waals surface area contributed by atoms with E-state index in [1.54, 1.807) is 37.3 Å². The monoisotopic (exact) mass is 307 g/mol. The number of aliphatic hydroxyl groups is 1. The van der Waals surface area contributed by atoms with E-state index in [0.717, 1.165) is 0 Å². The van der Waals surface area contributed by atoms with Crippen molar-refractivity contribution in [1.29, 1.82) is 0 Å². The van der Waals surface area contributed by atoms with Gasteiger partial charge in [-0.05, 0) is 30.7 Å². The van der Waals surface area contributed by atoms with Gasteiger partial charge in [-0.2, -0.15) is 0 Å². The van der Waals surface area contributed by atoms with Crippen LogP contribution in [0.5, 0.6) is 5.75 Å². The van der Waals surface area contributed by atoms with E-state index in [4.69, 9.17) is 16.3 Å². The predicted molar refractivity (Wildman–Crippen MR) is 79.5 cm³/mol. The molecular formula is C15H14ClNO4. The first-order chi connectivity index (χ1) is 9.97. The Morgan fingerprint density at radius 1 is 1.33 bits per heavy atom. The quantitative estimate of drug-likeness (QED) is 0.672. The van der Waals surface area contributed by atoms with Gasteiger partial charge in [0.15, 0.2) is 0 Å². The number of nitrogens with zero attached hydrogens (tertiary/aromatic N) is 1. The van der Waals surface area contributed by atoms with Crippen molar-refractivity contribution in [2.24, 2.45) is 0 Å². The Labute approximate surface area is 126 Å². The molecule has 0 heterocycles. The number of halogens is 1. The third-order valence-electron chi connectivity index (χ3n) is 2.94. The van der Waals surface area contributed by atoms with E-state index in [9.17, 15) is 15.2 Å². The molecule has 0 fully saturated rings. The molecule has 21 heavy (non-hydrogen) atoms. The number of non-ortho nitro benzene ring substituents is 1. The van der Waals surface area contributed by atoms with Gasteiger partial charge in [-0.1, -0.05) is 23.7 Å². The highest BCUT2D eigenvalue weighted by atomic mass is 35.5. The highest BCUT2D eigenvalue weighted by molar-refractivity contribution is 6.30. The number of benzene rings is 2. The van der Waals surface area contributed by atoms with Crippen molar-refractivity contribution < 1.29 is 14.8 Å². The highest BCUT2D eigenvalue weighted by Crippen LogP contribution is 2.29. The van der Waals surface area contributed by atoms with Crippen LogP contribution in [0.25, 0.3) is 0 Å². The summed E-state index contributed by atoms with van der Waals surface area (Å²) in [5, 5.41) is 20.9. The van der Waals surface area contributed by atoms with E-state index >= 15 is 0 Å². The standard InChI is InChI=1S/C15H14ClNO4/c1-10(18)14-8-12(16)5-6-15(14)21-9-11-3-2-4-13(7-11)17(19)20/h2-8,10,18H,9H2,1H3. The third-order valence-corrected chi connectivity index (χ3v) is 3.17. The van der Waals surface area contributed by atoms with Gasteiger partial charge in [0.1, 0.15) is 12.4 Å². The second-order valence-electron chi connectivity index (χ2n) is 4.57. The van der Waals surface area contributed by atoms with Gasteiger partial charge in [0, 0.05) is 22.7 Å². The fraction of sp³-hybridized carbons (Fsp3) is 0.200. The Balaban J connectivity index is 2.16. The fourth-order valence-electron chi connectivity index (χ4n) is 1.90. The zero-order valence-corrected chi connectivity index (χ0v) is 12.1. The molecule has 2 rings (SSSR count). The van der Waals surface area contributed by atoms with Gasteiger partial charge in [0.05, 0.1) is 11.0 Å². The third kappa shape index (κ3) is 3.93. The summed E-state index contributed by atoms with van der Waals surface area (Å²) in [5.41, 5.74) is 1.27. The summed E-state index contributed by atoms with van der Waals surface area (Å²) in [7, 11) is 0. The average molecular weight is 308 g/mol. The first kappa shape index (κ1) is 15.3. The van der Waals surface area contributed by atoms with Crippen LogP contribution in [0.3, 0.4) is 0 Å². The van der Waals surface area contributed by atoms with Crippen molar-refractivity contribution in [3.05, 3.63) is 68.7 Å². The lowest BCUT2D eigenvalue weighted by Gasteiger charge is -2.13. The average Bonchev–Trinajstić information content (AvgIpc) is 2.46.